The van der Waals surface area contributed by atoms with Crippen LogP contribution in [0.3, 0.4) is 0 Å². The average Bonchev–Trinajstić information content (AvgIpc) is 1.31. The molecule has 0 aromatic carbocycles. The highest BCUT2D eigenvalue weighted by molar-refractivity contribution is 7.79. The molecule has 0 heterocycles. The van der Waals surface area contributed by atoms with Crippen molar-refractivity contribution in [2.24, 2.45) is 5.73 Å². The third-order valence-electron chi connectivity index (χ3n) is 0.661. The molecule has 0 bridgehead atoms. The number of hydrogen-bond donors (Lipinski definition) is 1. The number of nitrogens with zero attached hydrogens (tertiary/aromatic N) is 1. The molecule has 0 aromatic rings. The fourth-order valence-electron chi connectivity index (χ4n) is 0. The number of quaternary nitrogens is 1. The predicted octanol–water partition coefficient (Wildman–Crippen LogP) is -0.0638. The summed E-state index contributed by atoms with van der Waals surface area (Å²) in [4.78, 5) is 0. The Labute approximate surface area is 49.5 Å². The van der Waals surface area contributed by atoms with Crippen LogP contribution in [0.4, 0.5) is 0 Å². The van der Waals surface area contributed by atoms with Gasteiger partial charge in [0, 0.05) is 12.2 Å². The third-order valence-corrected chi connectivity index (χ3v) is 1.21. The van der Waals surface area contributed by atoms with Crippen molar-refractivity contribution in [3.63, 3.8) is 0 Å². The van der Waals surface area contributed by atoms with Gasteiger partial charge in [-0.2, -0.15) is 0 Å². The van der Waals surface area contributed by atoms with Gasteiger partial charge in [-0.25, -0.2) is 0 Å². The van der Waals surface area contributed by atoms with Crippen molar-refractivity contribution in [3.05, 3.63) is 0 Å². The first-order chi connectivity index (χ1) is 2.94. The molecule has 0 radical (unpaired) electrons. The molecule has 0 spiro atoms. The van der Waals surface area contributed by atoms with E-state index in [0.29, 0.717) is 9.60 Å². The van der Waals surface area contributed by atoms with E-state index in [2.05, 4.69) is 12.2 Å². The minimum Gasteiger partial charge on any atom is -0.345 e. The first-order valence-electron chi connectivity index (χ1n) is 2.06. The Kier molecular flexibility index (Phi) is 1.72. The normalized spacial score (nSPS) is 11.3. The van der Waals surface area contributed by atoms with Crippen LogP contribution < -0.4 is 5.73 Å². The summed E-state index contributed by atoms with van der Waals surface area (Å²) in [6.07, 6.45) is 0. The Balaban J connectivity index is 3.79. The maximum absolute atomic E-state index is 5.27. The van der Waals surface area contributed by atoms with Gasteiger partial charge in [-0.05, 0) is 0 Å². The highest BCUT2D eigenvalue weighted by atomic mass is 32.1. The second-order valence-corrected chi connectivity index (χ2v) is 2.77. The van der Waals surface area contributed by atoms with Crippen LogP contribution in [0.1, 0.15) is 0 Å². The second kappa shape index (κ2) is 1.76. The monoisotopic (exact) mass is 119 g/mol. The number of hydrogen-bond acceptors (Lipinski definition) is 1. The smallest absolute Gasteiger partial charge is 0.266 e. The van der Waals surface area contributed by atoms with Crippen LogP contribution in [0.2, 0.25) is 0 Å². The molecule has 7 heavy (non-hydrogen) atoms. The summed E-state index contributed by atoms with van der Waals surface area (Å²) in [6, 6.07) is 0. The fourth-order valence-corrected chi connectivity index (χ4v) is 0. The van der Waals surface area contributed by atoms with E-state index in [1.54, 1.807) is 0 Å². The molecule has 0 unspecified atom stereocenters. The Morgan fingerprint density at radius 1 is 1.43 bits per heavy atom. The van der Waals surface area contributed by atoms with Gasteiger partial charge < -0.3 is 5.73 Å². The highest BCUT2D eigenvalue weighted by Gasteiger charge is 2.08. The summed E-state index contributed by atoms with van der Waals surface area (Å²) in [5.74, 6) is 0. The first-order valence-corrected chi connectivity index (χ1v) is 2.47. The first kappa shape index (κ1) is 6.85. The van der Waals surface area contributed by atoms with Gasteiger partial charge in [0.15, 0.2) is 0 Å². The minimum atomic E-state index is 0.514. The molecule has 0 rings (SSSR count). The minimum absolute atomic E-state index is 0.514. The molecule has 0 fully saturated rings. The van der Waals surface area contributed by atoms with Crippen molar-refractivity contribution in [2.45, 2.75) is 0 Å². The summed E-state index contributed by atoms with van der Waals surface area (Å²) in [7, 11) is 5.80. The standard InChI is InChI=1S/C4H10N2S/c1-6(2,3)4(5)7/h1-3H3,(H-,5,7)/p+1. The van der Waals surface area contributed by atoms with E-state index in [9.17, 15) is 0 Å². The lowest BCUT2D eigenvalue weighted by Crippen LogP contribution is -2.44. The third kappa shape index (κ3) is 2.53. The van der Waals surface area contributed by atoms with Crippen molar-refractivity contribution in [1.82, 2.24) is 0 Å². The molecule has 2 N–H and O–H groups in total. The van der Waals surface area contributed by atoms with Crippen molar-refractivity contribution >= 4 is 17.3 Å². The molecular weight excluding hydrogens is 108 g/mol. The van der Waals surface area contributed by atoms with E-state index in [1.165, 1.54) is 0 Å². The molecule has 42 valence electrons. The maximum Gasteiger partial charge on any atom is 0.266 e. The maximum atomic E-state index is 5.27. The Morgan fingerprint density at radius 3 is 1.57 bits per heavy atom. The van der Waals surface area contributed by atoms with Gasteiger partial charge in [-0.3, -0.25) is 4.48 Å². The van der Waals surface area contributed by atoms with Crippen LogP contribution in [0.5, 0.6) is 0 Å². The van der Waals surface area contributed by atoms with Gasteiger partial charge in [0.2, 0.25) is 0 Å². The number of thiocarbonyl (C=S) groups is 1. The van der Waals surface area contributed by atoms with Crippen molar-refractivity contribution < 1.29 is 4.48 Å². The molecule has 0 aliphatic heterocycles. The van der Waals surface area contributed by atoms with E-state index >= 15 is 0 Å². The summed E-state index contributed by atoms with van der Waals surface area (Å²) in [6.45, 7) is 0. The molecule has 0 saturated carbocycles. The summed E-state index contributed by atoms with van der Waals surface area (Å²) >= 11 is 4.68. The van der Waals surface area contributed by atoms with Crippen LogP contribution in [-0.2, 0) is 0 Å². The van der Waals surface area contributed by atoms with Gasteiger partial charge in [0.05, 0.1) is 21.1 Å². The molecule has 3 heteroatoms. The zero-order chi connectivity index (χ0) is 6.08. The quantitative estimate of drug-likeness (QED) is 0.357. The van der Waals surface area contributed by atoms with E-state index < -0.39 is 0 Å². The zero-order valence-electron chi connectivity index (χ0n) is 4.93. The van der Waals surface area contributed by atoms with Gasteiger partial charge in [0.1, 0.15) is 0 Å². The fraction of sp³-hybridized carbons (Fsp3) is 0.750. The molecule has 0 aliphatic carbocycles. The largest absolute Gasteiger partial charge is 0.345 e. The van der Waals surface area contributed by atoms with Gasteiger partial charge in [-0.15, -0.1) is 0 Å². The van der Waals surface area contributed by atoms with Crippen LogP contribution >= 0.6 is 12.2 Å². The second-order valence-electron chi connectivity index (χ2n) is 2.35. The van der Waals surface area contributed by atoms with Gasteiger partial charge in [-0.1, -0.05) is 0 Å². The van der Waals surface area contributed by atoms with Crippen molar-refractivity contribution in [1.29, 1.82) is 0 Å². The topological polar surface area (TPSA) is 26.0 Å². The molecule has 0 aromatic heterocycles. The lowest BCUT2D eigenvalue weighted by molar-refractivity contribution is -0.775. The lowest BCUT2D eigenvalue weighted by Gasteiger charge is -2.19. The van der Waals surface area contributed by atoms with Gasteiger partial charge in [0.25, 0.3) is 5.11 Å². The number of nitrogens with two attached hydrogens (primary N) is 1. The summed E-state index contributed by atoms with van der Waals surface area (Å²) in [5, 5.41) is 0.514. The van der Waals surface area contributed by atoms with E-state index in [1.807, 2.05) is 21.1 Å². The molecule has 2 nitrogen and oxygen atoms in total. The van der Waals surface area contributed by atoms with Crippen LogP contribution in [0, 0.1) is 0 Å². The Hall–Kier alpha value is -0.150. The predicted molar refractivity (Wildman–Crippen MR) is 34.8 cm³/mol. The number of rotatable bonds is 0. The van der Waals surface area contributed by atoms with Gasteiger partial charge >= 0.3 is 0 Å². The van der Waals surface area contributed by atoms with E-state index in [0.717, 1.165) is 0 Å². The van der Waals surface area contributed by atoms with Crippen LogP contribution in [0.15, 0.2) is 0 Å². The molecule has 0 aliphatic rings. The van der Waals surface area contributed by atoms with Crippen molar-refractivity contribution in [3.8, 4) is 0 Å². The van der Waals surface area contributed by atoms with Crippen LogP contribution in [-0.4, -0.2) is 30.7 Å². The SMILES string of the molecule is C[N+](C)(C)C(N)=S. The van der Waals surface area contributed by atoms with Crippen molar-refractivity contribution in [2.75, 3.05) is 21.1 Å². The zero-order valence-corrected chi connectivity index (χ0v) is 5.75. The summed E-state index contributed by atoms with van der Waals surface area (Å²) < 4.78 is 0.565. The highest BCUT2D eigenvalue weighted by Crippen LogP contribution is 1.85. The molecule has 0 saturated heterocycles. The molecular formula is C4H11N2S+. The van der Waals surface area contributed by atoms with E-state index in [-0.39, 0.29) is 0 Å². The molecule has 0 amide bonds. The average molecular weight is 119 g/mol. The summed E-state index contributed by atoms with van der Waals surface area (Å²) in [5.41, 5.74) is 5.27. The van der Waals surface area contributed by atoms with E-state index in [4.69, 9.17) is 5.73 Å². The Bertz CT molecular complexity index is 82.2. The Morgan fingerprint density at radius 2 is 1.57 bits per heavy atom. The molecule has 0 atom stereocenters. The lowest BCUT2D eigenvalue weighted by atomic mass is 10.7. The van der Waals surface area contributed by atoms with Crippen LogP contribution in [0.25, 0.3) is 0 Å².